The smallest absolute Gasteiger partial charge is 0.240 e. The van der Waals surface area contributed by atoms with Gasteiger partial charge in [0, 0.05) is 25.1 Å². The summed E-state index contributed by atoms with van der Waals surface area (Å²) in [6, 6.07) is 3.86. The fraction of sp³-hybridized carbons (Fsp3) is 0.412. The third-order valence-electron chi connectivity index (χ3n) is 4.22. The molecular formula is C17H20N4O3S. The second kappa shape index (κ2) is 7.18. The second-order valence-corrected chi connectivity index (χ2v) is 6.90. The van der Waals surface area contributed by atoms with Crippen LogP contribution in [0.2, 0.25) is 0 Å². The van der Waals surface area contributed by atoms with E-state index in [1.54, 1.807) is 11.3 Å². The molecule has 0 unspecified atom stereocenters. The maximum absolute atomic E-state index is 12.2. The summed E-state index contributed by atoms with van der Waals surface area (Å²) in [4.78, 5) is 36.5. The minimum Gasteiger partial charge on any atom is -0.352 e. The van der Waals surface area contributed by atoms with E-state index in [2.05, 4.69) is 10.4 Å². The third kappa shape index (κ3) is 3.79. The van der Waals surface area contributed by atoms with Crippen molar-refractivity contribution in [2.24, 2.45) is 0 Å². The largest absolute Gasteiger partial charge is 0.352 e. The molecule has 1 aliphatic heterocycles. The van der Waals surface area contributed by atoms with Crippen molar-refractivity contribution in [3.63, 3.8) is 0 Å². The van der Waals surface area contributed by atoms with Crippen LogP contribution >= 0.6 is 11.3 Å². The summed E-state index contributed by atoms with van der Waals surface area (Å²) in [5, 5.41) is 11.4. The van der Waals surface area contributed by atoms with E-state index < -0.39 is 0 Å². The zero-order chi connectivity index (χ0) is 18.0. The van der Waals surface area contributed by atoms with Gasteiger partial charge in [-0.25, -0.2) is 0 Å². The molecule has 25 heavy (non-hydrogen) atoms. The van der Waals surface area contributed by atoms with Crippen LogP contribution in [-0.2, 0) is 14.4 Å². The Labute approximate surface area is 149 Å². The lowest BCUT2D eigenvalue weighted by atomic mass is 10.1. The van der Waals surface area contributed by atoms with E-state index in [1.807, 2.05) is 41.4 Å². The molecule has 0 saturated carbocycles. The van der Waals surface area contributed by atoms with Crippen LogP contribution in [0.25, 0.3) is 0 Å². The van der Waals surface area contributed by atoms with Crippen LogP contribution in [0.1, 0.15) is 35.8 Å². The molecule has 0 bridgehead atoms. The Morgan fingerprint density at radius 3 is 2.60 bits per heavy atom. The number of amides is 3. The molecule has 3 rings (SSSR count). The summed E-state index contributed by atoms with van der Waals surface area (Å²) in [6.45, 7) is 4.03. The molecule has 132 valence electrons. The number of aromatic nitrogens is 2. The first-order chi connectivity index (χ1) is 12.0. The van der Waals surface area contributed by atoms with Crippen molar-refractivity contribution in [2.45, 2.75) is 32.7 Å². The van der Waals surface area contributed by atoms with Crippen molar-refractivity contribution in [1.29, 1.82) is 0 Å². The minimum absolute atomic E-state index is 0.131. The van der Waals surface area contributed by atoms with E-state index in [0.717, 1.165) is 21.9 Å². The van der Waals surface area contributed by atoms with Gasteiger partial charge in [0.2, 0.25) is 17.7 Å². The molecule has 0 aromatic carbocycles. The van der Waals surface area contributed by atoms with Crippen molar-refractivity contribution in [1.82, 2.24) is 20.0 Å². The van der Waals surface area contributed by atoms with Crippen LogP contribution in [-0.4, -0.2) is 45.5 Å². The van der Waals surface area contributed by atoms with E-state index in [0.29, 0.717) is 6.54 Å². The molecule has 0 aliphatic carbocycles. The molecule has 1 aliphatic rings. The summed E-state index contributed by atoms with van der Waals surface area (Å²) in [5.41, 5.74) is 2.98. The summed E-state index contributed by atoms with van der Waals surface area (Å²) in [7, 11) is 0. The summed E-state index contributed by atoms with van der Waals surface area (Å²) >= 11 is 1.58. The van der Waals surface area contributed by atoms with E-state index in [9.17, 15) is 14.4 Å². The molecule has 3 amide bonds. The Morgan fingerprint density at radius 1 is 1.32 bits per heavy atom. The first-order valence-electron chi connectivity index (χ1n) is 8.10. The van der Waals surface area contributed by atoms with Gasteiger partial charge in [-0.3, -0.25) is 24.0 Å². The first-order valence-corrected chi connectivity index (χ1v) is 9.04. The Kier molecular flexibility index (Phi) is 4.98. The van der Waals surface area contributed by atoms with E-state index in [-0.39, 0.29) is 43.1 Å². The number of carbonyl (C=O) groups excluding carboxylic acids is 3. The highest BCUT2D eigenvalue weighted by molar-refractivity contribution is 7.08. The average Bonchev–Trinajstić information content (AvgIpc) is 3.27. The number of likely N-dealkylation sites (tertiary alicyclic amines) is 1. The molecule has 7 nitrogen and oxygen atoms in total. The van der Waals surface area contributed by atoms with Gasteiger partial charge in [0.05, 0.1) is 11.7 Å². The molecule has 2 aromatic heterocycles. The SMILES string of the molecule is Cc1cc(C)n([C@H](CNC(=O)CN2C(=O)CCC2=O)c2ccsc2)n1. The standard InChI is InChI=1S/C17H20N4O3S/c1-11-7-12(2)21(19-11)14(13-5-6-25-10-13)8-18-15(22)9-20-16(23)3-4-17(20)24/h5-7,10,14H,3-4,8-9H2,1-2H3,(H,18,22)/t14-/m1/s1. The molecule has 1 fully saturated rings. The normalized spacial score (nSPS) is 15.7. The number of thiophene rings is 1. The van der Waals surface area contributed by atoms with Crippen LogP contribution < -0.4 is 5.32 Å². The van der Waals surface area contributed by atoms with Gasteiger partial charge in [-0.05, 0) is 42.3 Å². The first kappa shape index (κ1) is 17.3. The number of aryl methyl sites for hydroxylation is 2. The lowest BCUT2D eigenvalue weighted by Crippen LogP contribution is -2.41. The average molecular weight is 360 g/mol. The Morgan fingerprint density at radius 2 is 2.04 bits per heavy atom. The predicted molar refractivity (Wildman–Crippen MR) is 93.1 cm³/mol. The number of nitrogens with one attached hydrogen (secondary N) is 1. The van der Waals surface area contributed by atoms with Gasteiger partial charge in [0.25, 0.3) is 0 Å². The molecular weight excluding hydrogens is 340 g/mol. The maximum atomic E-state index is 12.2. The summed E-state index contributed by atoms with van der Waals surface area (Å²) < 4.78 is 1.89. The number of hydrogen-bond acceptors (Lipinski definition) is 5. The van der Waals surface area contributed by atoms with Gasteiger partial charge in [0.1, 0.15) is 6.54 Å². The fourth-order valence-electron chi connectivity index (χ4n) is 2.98. The number of nitrogens with zero attached hydrogens (tertiary/aromatic N) is 3. The zero-order valence-electron chi connectivity index (χ0n) is 14.2. The van der Waals surface area contributed by atoms with E-state index in [1.165, 1.54) is 0 Å². The fourth-order valence-corrected chi connectivity index (χ4v) is 3.69. The van der Waals surface area contributed by atoms with Crippen molar-refractivity contribution < 1.29 is 14.4 Å². The van der Waals surface area contributed by atoms with Crippen LogP contribution in [0.15, 0.2) is 22.9 Å². The highest BCUT2D eigenvalue weighted by atomic mass is 32.1. The summed E-state index contributed by atoms with van der Waals surface area (Å²) in [6.07, 6.45) is 0.380. The number of rotatable bonds is 6. The van der Waals surface area contributed by atoms with Crippen LogP contribution in [0.5, 0.6) is 0 Å². The minimum atomic E-state index is -0.342. The molecule has 8 heteroatoms. The van der Waals surface area contributed by atoms with Gasteiger partial charge in [-0.15, -0.1) is 0 Å². The second-order valence-electron chi connectivity index (χ2n) is 6.12. The predicted octanol–water partition coefficient (Wildman–Crippen LogP) is 1.42. The highest BCUT2D eigenvalue weighted by Gasteiger charge is 2.30. The lowest BCUT2D eigenvalue weighted by Gasteiger charge is -2.20. The van der Waals surface area contributed by atoms with Gasteiger partial charge in [-0.1, -0.05) is 0 Å². The topological polar surface area (TPSA) is 84.3 Å². The van der Waals surface area contributed by atoms with Crippen molar-refractivity contribution >= 4 is 29.1 Å². The number of imide groups is 1. The Hall–Kier alpha value is -2.48. The van der Waals surface area contributed by atoms with Crippen molar-refractivity contribution in [3.8, 4) is 0 Å². The third-order valence-corrected chi connectivity index (χ3v) is 4.92. The zero-order valence-corrected chi connectivity index (χ0v) is 15.0. The Balaban J connectivity index is 1.69. The number of carbonyl (C=O) groups is 3. The molecule has 1 saturated heterocycles. The molecule has 0 radical (unpaired) electrons. The molecule has 2 aromatic rings. The molecule has 0 spiro atoms. The van der Waals surface area contributed by atoms with Crippen LogP contribution in [0, 0.1) is 13.8 Å². The monoisotopic (exact) mass is 360 g/mol. The van der Waals surface area contributed by atoms with Crippen LogP contribution in [0.4, 0.5) is 0 Å². The van der Waals surface area contributed by atoms with Crippen molar-refractivity contribution in [2.75, 3.05) is 13.1 Å². The van der Waals surface area contributed by atoms with Gasteiger partial charge in [0.15, 0.2) is 0 Å². The van der Waals surface area contributed by atoms with Gasteiger partial charge in [-0.2, -0.15) is 16.4 Å². The van der Waals surface area contributed by atoms with E-state index in [4.69, 9.17) is 0 Å². The molecule has 1 N–H and O–H groups in total. The quantitative estimate of drug-likeness (QED) is 0.790. The Bertz CT molecular complexity index is 781. The molecule has 3 heterocycles. The van der Waals surface area contributed by atoms with Gasteiger partial charge >= 0.3 is 0 Å². The summed E-state index contributed by atoms with van der Waals surface area (Å²) in [5.74, 6) is -0.911. The van der Waals surface area contributed by atoms with Gasteiger partial charge < -0.3 is 5.32 Å². The maximum Gasteiger partial charge on any atom is 0.240 e. The van der Waals surface area contributed by atoms with Crippen molar-refractivity contribution in [3.05, 3.63) is 39.8 Å². The lowest BCUT2D eigenvalue weighted by molar-refractivity contribution is -0.142. The van der Waals surface area contributed by atoms with Crippen LogP contribution in [0.3, 0.4) is 0 Å². The highest BCUT2D eigenvalue weighted by Crippen LogP contribution is 2.22. The van der Waals surface area contributed by atoms with E-state index >= 15 is 0 Å². The molecule has 1 atom stereocenters. The number of hydrogen-bond donors (Lipinski definition) is 1.